The lowest BCUT2D eigenvalue weighted by molar-refractivity contribution is -0.134. The number of piperazine rings is 1. The number of carboxylic acids is 2. The van der Waals surface area contributed by atoms with Gasteiger partial charge in [-0.05, 0) is 115 Å². The number of ether oxygens (including phenoxy) is 1. The third-order valence-electron chi connectivity index (χ3n) is 9.12. The number of benzene rings is 5. The maximum atomic E-state index is 9.55. The Morgan fingerprint density at radius 2 is 1.52 bits per heavy atom. The Bertz CT molecular complexity index is 2100. The summed E-state index contributed by atoms with van der Waals surface area (Å²) < 4.78 is 5.84. The number of carboxylic acid groups (broad SMARTS) is 2. The van der Waals surface area contributed by atoms with Crippen LogP contribution in [0.2, 0.25) is 0 Å². The molecule has 1 saturated heterocycles. The SMILES string of the molecule is CSc1ccc2c(c1)C(N1CCN(C)CC1)Cc1ccccc1S2.Cc1cccc(N(C)C(=S)Oc2ccc3ccccc3c2)c1.O=C(O)C=CC(=O)O. The van der Waals surface area contributed by atoms with Crippen LogP contribution in [0.5, 0.6) is 5.75 Å². The number of aliphatic carboxylic acids is 2. The average molecular weight is 780 g/mol. The molecule has 5 aromatic rings. The Kier molecular flexibility index (Phi) is 14.7. The molecule has 0 saturated carbocycles. The highest BCUT2D eigenvalue weighted by Gasteiger charge is 2.29. The molecular weight excluding hydrogens is 735 g/mol. The summed E-state index contributed by atoms with van der Waals surface area (Å²) in [6.07, 6.45) is 4.41. The molecule has 0 radical (unpaired) electrons. The molecule has 0 amide bonds. The van der Waals surface area contributed by atoms with Crippen molar-refractivity contribution in [3.8, 4) is 5.75 Å². The molecule has 2 heterocycles. The van der Waals surface area contributed by atoms with E-state index in [1.165, 1.54) is 49.9 Å². The first kappa shape index (κ1) is 40.5. The standard InChI is InChI=1S/C20H24N2S2.C19H17NOS.C4H4O4/c1-21-9-11-22(12-10-21)18-13-15-5-3-4-6-19(15)24-20-8-7-16(23-2)14-17(18)20;1-14-6-5-9-17(12-14)20(2)19(22)21-18-11-10-15-7-3-4-8-16(15)13-18;5-3(6)1-2-4(7)8/h3-8,14,18H,9-13H2,1-2H3;3-13H,1-2H3;1-2H,(H,5,6)(H,7,8). The van der Waals surface area contributed by atoms with Gasteiger partial charge in [-0.1, -0.05) is 72.4 Å². The van der Waals surface area contributed by atoms with E-state index < -0.39 is 11.9 Å². The maximum Gasteiger partial charge on any atom is 0.328 e. The van der Waals surface area contributed by atoms with Crippen molar-refractivity contribution in [2.45, 2.75) is 34.1 Å². The predicted octanol–water partition coefficient (Wildman–Crippen LogP) is 9.06. The average Bonchev–Trinajstić information content (AvgIpc) is 3.34. The summed E-state index contributed by atoms with van der Waals surface area (Å²) in [7, 11) is 4.15. The van der Waals surface area contributed by atoms with Gasteiger partial charge in [0.25, 0.3) is 5.17 Å². The summed E-state index contributed by atoms with van der Waals surface area (Å²) in [6, 6.07) is 38.8. The Labute approximate surface area is 331 Å². The second-order valence-electron chi connectivity index (χ2n) is 13.0. The second kappa shape index (κ2) is 19.6. The third kappa shape index (κ3) is 11.4. The quantitative estimate of drug-likeness (QED) is 0.0983. The van der Waals surface area contributed by atoms with Gasteiger partial charge in [0.05, 0.1) is 0 Å². The van der Waals surface area contributed by atoms with Crippen molar-refractivity contribution in [2.75, 3.05) is 51.4 Å². The number of nitrogens with zero attached hydrogens (tertiary/aromatic N) is 3. The van der Waals surface area contributed by atoms with Crippen molar-refractivity contribution in [3.63, 3.8) is 0 Å². The van der Waals surface area contributed by atoms with E-state index in [0.29, 0.717) is 23.4 Å². The summed E-state index contributed by atoms with van der Waals surface area (Å²) in [4.78, 5) is 30.3. The first-order valence-corrected chi connectivity index (χ1v) is 20.0. The minimum atomic E-state index is -1.26. The van der Waals surface area contributed by atoms with Gasteiger partial charge in [-0.15, -0.1) is 11.8 Å². The molecule has 1 atom stereocenters. The lowest BCUT2D eigenvalue weighted by Gasteiger charge is -2.38. The lowest BCUT2D eigenvalue weighted by Crippen LogP contribution is -2.46. The normalized spacial score (nSPS) is 15.4. The molecule has 0 spiro atoms. The van der Waals surface area contributed by atoms with Gasteiger partial charge in [0.15, 0.2) is 0 Å². The Hall–Kier alpha value is -4.65. The number of hydrogen-bond donors (Lipinski definition) is 2. The van der Waals surface area contributed by atoms with E-state index in [0.717, 1.165) is 36.3 Å². The van der Waals surface area contributed by atoms with Gasteiger partial charge in [-0.2, -0.15) is 0 Å². The van der Waals surface area contributed by atoms with Crippen LogP contribution in [0.4, 0.5) is 5.69 Å². The van der Waals surface area contributed by atoms with Crippen molar-refractivity contribution in [2.24, 2.45) is 0 Å². The van der Waals surface area contributed by atoms with Crippen LogP contribution in [-0.2, 0) is 16.0 Å². The Balaban J connectivity index is 0.000000174. The van der Waals surface area contributed by atoms with Crippen LogP contribution in [-0.4, -0.2) is 83.7 Å². The van der Waals surface area contributed by atoms with E-state index in [1.54, 1.807) is 0 Å². The van der Waals surface area contributed by atoms with Gasteiger partial charge in [-0.3, -0.25) is 4.90 Å². The van der Waals surface area contributed by atoms with Gasteiger partial charge < -0.3 is 24.7 Å². The molecule has 11 heteroatoms. The molecule has 1 unspecified atom stereocenters. The molecule has 5 aromatic carbocycles. The molecule has 1 fully saturated rings. The minimum Gasteiger partial charge on any atom is -0.478 e. The monoisotopic (exact) mass is 779 g/mol. The number of thiocarbonyl (C=S) groups is 1. The van der Waals surface area contributed by atoms with E-state index >= 15 is 0 Å². The van der Waals surface area contributed by atoms with Crippen LogP contribution in [0.1, 0.15) is 22.7 Å². The zero-order chi connectivity index (χ0) is 38.6. The molecule has 7 rings (SSSR count). The lowest BCUT2D eigenvalue weighted by atomic mass is 9.96. The van der Waals surface area contributed by atoms with Gasteiger partial charge in [0.2, 0.25) is 0 Å². The van der Waals surface area contributed by atoms with E-state index in [9.17, 15) is 9.59 Å². The fraction of sp³-hybridized carbons (Fsp3) is 0.233. The van der Waals surface area contributed by atoms with Gasteiger partial charge in [0.1, 0.15) is 5.75 Å². The fourth-order valence-electron chi connectivity index (χ4n) is 6.16. The maximum absolute atomic E-state index is 9.55. The number of carbonyl (C=O) groups is 2. The molecule has 2 aliphatic heterocycles. The molecule has 0 aromatic heterocycles. The number of likely N-dealkylation sites (N-methyl/N-ethyl adjacent to an activating group) is 1. The van der Waals surface area contributed by atoms with Gasteiger partial charge in [-0.25, -0.2) is 9.59 Å². The first-order chi connectivity index (χ1) is 26.0. The number of aryl methyl sites for hydroxylation is 1. The number of hydrogen-bond acceptors (Lipinski definition) is 8. The van der Waals surface area contributed by atoms with Gasteiger partial charge in [0, 0.05) is 71.8 Å². The van der Waals surface area contributed by atoms with E-state index in [1.807, 2.05) is 77.9 Å². The first-order valence-electron chi connectivity index (χ1n) is 17.5. The molecule has 8 nitrogen and oxygen atoms in total. The number of fused-ring (bicyclic) bond motifs is 3. The topological polar surface area (TPSA) is 93.5 Å². The molecule has 0 bridgehead atoms. The Morgan fingerprint density at radius 3 is 2.20 bits per heavy atom. The van der Waals surface area contributed by atoms with Crippen LogP contribution in [0.3, 0.4) is 0 Å². The molecule has 280 valence electrons. The smallest absolute Gasteiger partial charge is 0.328 e. The molecule has 0 aliphatic carbocycles. The molecular formula is C43H45N3O5S3. The van der Waals surface area contributed by atoms with Crippen molar-refractivity contribution in [3.05, 3.63) is 138 Å². The van der Waals surface area contributed by atoms with Crippen LogP contribution in [0.15, 0.2) is 136 Å². The highest BCUT2D eigenvalue weighted by atomic mass is 32.2. The number of rotatable bonds is 6. The minimum absolute atomic E-state index is 0.431. The van der Waals surface area contributed by atoms with Crippen molar-refractivity contribution >= 4 is 69.3 Å². The van der Waals surface area contributed by atoms with Crippen LogP contribution in [0, 0.1) is 6.92 Å². The van der Waals surface area contributed by atoms with Crippen LogP contribution in [0.25, 0.3) is 10.8 Å². The summed E-state index contributed by atoms with van der Waals surface area (Å²) in [5.41, 5.74) is 5.23. The molecule has 54 heavy (non-hydrogen) atoms. The van der Waals surface area contributed by atoms with E-state index in [-0.39, 0.29) is 0 Å². The highest BCUT2D eigenvalue weighted by Crippen LogP contribution is 2.44. The predicted molar refractivity (Wildman–Crippen MR) is 225 cm³/mol. The highest BCUT2D eigenvalue weighted by molar-refractivity contribution is 7.99. The van der Waals surface area contributed by atoms with Crippen LogP contribution < -0.4 is 9.64 Å². The largest absolute Gasteiger partial charge is 0.478 e. The van der Waals surface area contributed by atoms with Crippen molar-refractivity contribution < 1.29 is 24.5 Å². The zero-order valence-corrected chi connectivity index (χ0v) is 33.3. The summed E-state index contributed by atoms with van der Waals surface area (Å²) >= 11 is 9.20. The second-order valence-corrected chi connectivity index (χ2v) is 15.3. The van der Waals surface area contributed by atoms with E-state index in [4.69, 9.17) is 27.2 Å². The van der Waals surface area contributed by atoms with E-state index in [2.05, 4.69) is 96.8 Å². The summed E-state index contributed by atoms with van der Waals surface area (Å²) in [5, 5.41) is 18.4. The number of thioether (sulfide) groups is 1. The van der Waals surface area contributed by atoms with Crippen molar-refractivity contribution in [1.82, 2.24) is 9.80 Å². The van der Waals surface area contributed by atoms with Crippen LogP contribution >= 0.6 is 35.7 Å². The molecule has 2 N–H and O–H groups in total. The fourth-order valence-corrected chi connectivity index (χ4v) is 7.93. The summed E-state index contributed by atoms with van der Waals surface area (Å²) in [5.74, 6) is -1.76. The van der Waals surface area contributed by atoms with Gasteiger partial charge >= 0.3 is 11.9 Å². The third-order valence-corrected chi connectivity index (χ3v) is 11.4. The summed E-state index contributed by atoms with van der Waals surface area (Å²) in [6.45, 7) is 6.73. The molecule has 2 aliphatic rings. The van der Waals surface area contributed by atoms with Crippen molar-refractivity contribution in [1.29, 1.82) is 0 Å². The zero-order valence-electron chi connectivity index (χ0n) is 30.8. The number of anilines is 1. The Morgan fingerprint density at radius 1 is 0.833 bits per heavy atom.